The average molecular weight is 249 g/mol. The summed E-state index contributed by atoms with van der Waals surface area (Å²) in [5.74, 6) is -2.13. The van der Waals surface area contributed by atoms with E-state index < -0.39 is 11.8 Å². The highest BCUT2D eigenvalue weighted by Crippen LogP contribution is 2.41. The number of benzene rings is 1. The first-order valence-electron chi connectivity index (χ1n) is 5.87. The fourth-order valence-electron chi connectivity index (χ4n) is 2.36. The van der Waals surface area contributed by atoms with Crippen molar-refractivity contribution in [1.82, 2.24) is 0 Å². The van der Waals surface area contributed by atoms with Crippen LogP contribution >= 0.6 is 0 Å². The van der Waals surface area contributed by atoms with Crippen molar-refractivity contribution >= 4 is 17.5 Å². The van der Waals surface area contributed by atoms with E-state index in [9.17, 15) is 19.8 Å². The van der Waals surface area contributed by atoms with Crippen molar-refractivity contribution in [2.24, 2.45) is 11.8 Å². The summed E-state index contributed by atoms with van der Waals surface area (Å²) < 4.78 is 0. The van der Waals surface area contributed by atoms with E-state index >= 15 is 0 Å². The molecule has 1 aliphatic heterocycles. The first kappa shape index (κ1) is 12.4. The van der Waals surface area contributed by atoms with Crippen LogP contribution in [0.25, 0.3) is 0 Å². The van der Waals surface area contributed by atoms with E-state index in [1.807, 2.05) is 6.92 Å². The van der Waals surface area contributed by atoms with Gasteiger partial charge in [-0.05, 0) is 18.6 Å². The normalized spacial score (nSPS) is 23.8. The number of nitrogens with zero attached hydrogens (tertiary/aromatic N) is 1. The molecule has 1 aromatic carbocycles. The maximum Gasteiger partial charge on any atom is 0.237 e. The van der Waals surface area contributed by atoms with E-state index in [2.05, 4.69) is 0 Å². The summed E-state index contributed by atoms with van der Waals surface area (Å²) in [5, 5.41) is 19.5. The fraction of sp³-hybridized carbons (Fsp3) is 0.385. The lowest BCUT2D eigenvalue weighted by Gasteiger charge is -2.17. The Morgan fingerprint density at radius 2 is 1.72 bits per heavy atom. The molecule has 2 unspecified atom stereocenters. The molecule has 2 N–H and O–H groups in total. The Balaban J connectivity index is 2.52. The summed E-state index contributed by atoms with van der Waals surface area (Å²) in [6, 6.07) is 4.11. The number of carbonyl (C=O) groups excluding carboxylic acids is 2. The van der Waals surface area contributed by atoms with Crippen molar-refractivity contribution < 1.29 is 19.8 Å². The van der Waals surface area contributed by atoms with Crippen LogP contribution < -0.4 is 4.90 Å². The van der Waals surface area contributed by atoms with Gasteiger partial charge in [-0.15, -0.1) is 0 Å². The highest BCUT2D eigenvalue weighted by Gasteiger charge is 2.46. The second-order valence-corrected chi connectivity index (χ2v) is 4.46. The van der Waals surface area contributed by atoms with Crippen LogP contribution in [0.3, 0.4) is 0 Å². The second kappa shape index (κ2) is 4.33. The molecule has 0 saturated carbocycles. The first-order valence-corrected chi connectivity index (χ1v) is 5.87. The topological polar surface area (TPSA) is 77.8 Å². The Kier molecular flexibility index (Phi) is 2.98. The van der Waals surface area contributed by atoms with E-state index in [0.29, 0.717) is 6.42 Å². The standard InChI is InChI=1S/C13H15NO4/c1-3-8-7(2)12(17)14(13(8)18)11-9(15)5-4-6-10(11)16/h4-8,15-16H,3H2,1-2H3. The van der Waals surface area contributed by atoms with Gasteiger partial charge in [0.2, 0.25) is 11.8 Å². The Bertz CT molecular complexity index is 491. The van der Waals surface area contributed by atoms with E-state index in [1.54, 1.807) is 6.92 Å². The van der Waals surface area contributed by atoms with Gasteiger partial charge in [0, 0.05) is 5.92 Å². The minimum Gasteiger partial charge on any atom is -0.506 e. The molecule has 1 aliphatic rings. The quantitative estimate of drug-likeness (QED) is 0.781. The monoisotopic (exact) mass is 249 g/mol. The molecule has 0 radical (unpaired) electrons. The molecule has 1 aromatic rings. The molecule has 1 heterocycles. The SMILES string of the molecule is CCC1C(=O)N(c2c(O)cccc2O)C(=O)C1C. The molecule has 0 aliphatic carbocycles. The Morgan fingerprint density at radius 1 is 1.17 bits per heavy atom. The van der Waals surface area contributed by atoms with Crippen LogP contribution in [0.5, 0.6) is 11.5 Å². The molecule has 18 heavy (non-hydrogen) atoms. The van der Waals surface area contributed by atoms with Crippen molar-refractivity contribution in [3.8, 4) is 11.5 Å². The van der Waals surface area contributed by atoms with E-state index in [1.165, 1.54) is 18.2 Å². The third-order valence-electron chi connectivity index (χ3n) is 3.41. The van der Waals surface area contributed by atoms with Gasteiger partial charge in [-0.2, -0.15) is 0 Å². The predicted octanol–water partition coefficient (Wildman–Crippen LogP) is 1.63. The lowest BCUT2D eigenvalue weighted by Crippen LogP contribution is -2.30. The Morgan fingerprint density at radius 3 is 2.17 bits per heavy atom. The number of imide groups is 1. The fourth-order valence-corrected chi connectivity index (χ4v) is 2.36. The summed E-state index contributed by atoms with van der Waals surface area (Å²) in [4.78, 5) is 25.1. The molecular weight excluding hydrogens is 234 g/mol. The number of hydrogen-bond acceptors (Lipinski definition) is 4. The van der Waals surface area contributed by atoms with Gasteiger partial charge >= 0.3 is 0 Å². The Labute approximate surface area is 105 Å². The van der Waals surface area contributed by atoms with Crippen molar-refractivity contribution in [3.63, 3.8) is 0 Å². The molecule has 1 fully saturated rings. The Hall–Kier alpha value is -2.04. The summed E-state index contributed by atoms with van der Waals surface area (Å²) in [6.45, 7) is 3.52. The molecule has 2 rings (SSSR count). The van der Waals surface area contributed by atoms with E-state index in [-0.39, 0.29) is 29.0 Å². The smallest absolute Gasteiger partial charge is 0.237 e. The minimum absolute atomic E-state index is 0.115. The minimum atomic E-state index is -0.429. The number of hydrogen-bond donors (Lipinski definition) is 2. The van der Waals surface area contributed by atoms with Crippen LogP contribution in [-0.4, -0.2) is 22.0 Å². The zero-order valence-corrected chi connectivity index (χ0v) is 10.3. The lowest BCUT2D eigenvalue weighted by atomic mass is 9.95. The highest BCUT2D eigenvalue weighted by atomic mass is 16.3. The maximum absolute atomic E-state index is 12.1. The van der Waals surface area contributed by atoms with Gasteiger partial charge in [0.05, 0.1) is 5.92 Å². The number of anilines is 1. The third kappa shape index (κ3) is 1.63. The molecule has 1 saturated heterocycles. The molecule has 0 bridgehead atoms. The van der Waals surface area contributed by atoms with Crippen molar-refractivity contribution in [2.45, 2.75) is 20.3 Å². The van der Waals surface area contributed by atoms with Crippen LogP contribution in [0, 0.1) is 11.8 Å². The lowest BCUT2D eigenvalue weighted by molar-refractivity contribution is -0.122. The van der Waals surface area contributed by atoms with Crippen molar-refractivity contribution in [1.29, 1.82) is 0 Å². The second-order valence-electron chi connectivity index (χ2n) is 4.46. The van der Waals surface area contributed by atoms with Crippen LogP contribution in [-0.2, 0) is 9.59 Å². The van der Waals surface area contributed by atoms with Crippen molar-refractivity contribution in [2.75, 3.05) is 4.90 Å². The number of para-hydroxylation sites is 1. The van der Waals surface area contributed by atoms with Gasteiger partial charge in [0.15, 0.2) is 0 Å². The molecule has 0 aromatic heterocycles. The summed E-state index contributed by atoms with van der Waals surface area (Å²) in [5.41, 5.74) is -0.115. The van der Waals surface area contributed by atoms with Gasteiger partial charge in [0.1, 0.15) is 17.2 Å². The van der Waals surface area contributed by atoms with Crippen molar-refractivity contribution in [3.05, 3.63) is 18.2 Å². The van der Waals surface area contributed by atoms with Crippen LogP contribution in [0.15, 0.2) is 18.2 Å². The number of rotatable bonds is 2. The third-order valence-corrected chi connectivity index (χ3v) is 3.41. The van der Waals surface area contributed by atoms with Gasteiger partial charge in [0.25, 0.3) is 0 Å². The van der Waals surface area contributed by atoms with Gasteiger partial charge in [-0.3, -0.25) is 9.59 Å². The van der Waals surface area contributed by atoms with Crippen LogP contribution in [0.2, 0.25) is 0 Å². The van der Waals surface area contributed by atoms with E-state index in [0.717, 1.165) is 4.90 Å². The number of phenolic OH excluding ortho intramolecular Hbond substituents is 2. The summed E-state index contributed by atoms with van der Waals surface area (Å²) in [6.07, 6.45) is 0.552. The van der Waals surface area contributed by atoms with Gasteiger partial charge < -0.3 is 10.2 Å². The summed E-state index contributed by atoms with van der Waals surface area (Å²) in [7, 11) is 0. The summed E-state index contributed by atoms with van der Waals surface area (Å²) >= 11 is 0. The van der Waals surface area contributed by atoms with Gasteiger partial charge in [-0.25, -0.2) is 4.90 Å². The van der Waals surface area contributed by atoms with Crippen LogP contribution in [0.4, 0.5) is 5.69 Å². The molecule has 5 nitrogen and oxygen atoms in total. The number of carbonyl (C=O) groups is 2. The molecular formula is C13H15NO4. The van der Waals surface area contributed by atoms with E-state index in [4.69, 9.17) is 0 Å². The molecule has 0 spiro atoms. The number of phenols is 2. The van der Waals surface area contributed by atoms with Gasteiger partial charge in [-0.1, -0.05) is 19.9 Å². The average Bonchev–Trinajstić information content (AvgIpc) is 2.53. The molecule has 96 valence electrons. The largest absolute Gasteiger partial charge is 0.506 e. The zero-order valence-electron chi connectivity index (χ0n) is 10.3. The predicted molar refractivity (Wildman–Crippen MR) is 65.2 cm³/mol. The highest BCUT2D eigenvalue weighted by molar-refractivity contribution is 6.23. The first-order chi connectivity index (χ1) is 8.49. The number of amides is 2. The molecule has 5 heteroatoms. The maximum atomic E-state index is 12.1. The molecule has 2 atom stereocenters. The van der Waals surface area contributed by atoms with Crippen LogP contribution in [0.1, 0.15) is 20.3 Å². The molecule has 2 amide bonds. The number of aromatic hydroxyl groups is 2. The zero-order chi connectivity index (χ0) is 13.4.